The van der Waals surface area contributed by atoms with Crippen LogP contribution in [0.1, 0.15) is 12.5 Å². The van der Waals surface area contributed by atoms with E-state index in [2.05, 4.69) is 10.5 Å². The monoisotopic (exact) mass is 348 g/mol. The van der Waals surface area contributed by atoms with Crippen molar-refractivity contribution in [2.45, 2.75) is 6.92 Å². The van der Waals surface area contributed by atoms with E-state index in [9.17, 15) is 4.79 Å². The van der Waals surface area contributed by atoms with Crippen LogP contribution >= 0.6 is 11.6 Å². The van der Waals surface area contributed by atoms with E-state index in [0.29, 0.717) is 28.8 Å². The molecule has 0 aliphatic heterocycles. The number of carboxylic acid groups (broad SMARTS) is 1. The van der Waals surface area contributed by atoms with Gasteiger partial charge < -0.3 is 14.6 Å². The van der Waals surface area contributed by atoms with Gasteiger partial charge in [-0.15, -0.1) is 0 Å². The normalized spacial score (nSPS) is 10.6. The van der Waals surface area contributed by atoms with Crippen molar-refractivity contribution in [3.8, 4) is 11.5 Å². The van der Waals surface area contributed by atoms with Crippen LogP contribution in [0, 0.1) is 0 Å². The number of para-hydroxylation sites is 1. The topological polar surface area (TPSA) is 80.1 Å². The van der Waals surface area contributed by atoms with E-state index in [1.54, 1.807) is 30.5 Å². The number of anilines is 1. The summed E-state index contributed by atoms with van der Waals surface area (Å²) in [6.45, 7) is 1.84. The number of nitrogens with zero attached hydrogens (tertiary/aromatic N) is 1. The first-order valence-corrected chi connectivity index (χ1v) is 7.63. The summed E-state index contributed by atoms with van der Waals surface area (Å²) < 4.78 is 10.7. The molecule has 0 unspecified atom stereocenters. The fraction of sp³-hybridized carbons (Fsp3) is 0.176. The number of benzene rings is 2. The number of carboxylic acids is 1. The molecule has 2 N–H and O–H groups in total. The van der Waals surface area contributed by atoms with E-state index in [4.69, 9.17) is 26.2 Å². The van der Waals surface area contributed by atoms with Crippen molar-refractivity contribution in [1.29, 1.82) is 0 Å². The molecule has 126 valence electrons. The summed E-state index contributed by atoms with van der Waals surface area (Å²) in [4.78, 5) is 10.6. The van der Waals surface area contributed by atoms with E-state index in [0.717, 1.165) is 5.56 Å². The maximum Gasteiger partial charge on any atom is 0.341 e. The molecule has 0 heterocycles. The molecule has 0 bridgehead atoms. The SMILES string of the molecule is CCOc1cc(/C=N\Nc2ccccc2Cl)ccc1OCC(=O)O. The molecule has 7 heteroatoms. The lowest BCUT2D eigenvalue weighted by molar-refractivity contribution is -0.139. The van der Waals surface area contributed by atoms with E-state index in [1.165, 1.54) is 0 Å². The first kappa shape index (κ1) is 17.6. The lowest BCUT2D eigenvalue weighted by Gasteiger charge is -2.11. The molecule has 0 fully saturated rings. The highest BCUT2D eigenvalue weighted by Gasteiger charge is 2.08. The molecule has 0 aliphatic carbocycles. The lowest BCUT2D eigenvalue weighted by Crippen LogP contribution is -2.10. The molecule has 6 nitrogen and oxygen atoms in total. The third-order valence-corrected chi connectivity index (χ3v) is 3.22. The Labute approximate surface area is 144 Å². The average molecular weight is 349 g/mol. The van der Waals surface area contributed by atoms with Crippen molar-refractivity contribution >= 4 is 29.5 Å². The minimum atomic E-state index is -1.05. The smallest absolute Gasteiger partial charge is 0.341 e. The number of hydrogen-bond donors (Lipinski definition) is 2. The van der Waals surface area contributed by atoms with Gasteiger partial charge in [0.05, 0.1) is 23.5 Å². The second-order valence-corrected chi connectivity index (χ2v) is 5.08. The second-order valence-electron chi connectivity index (χ2n) is 4.67. The molecular weight excluding hydrogens is 332 g/mol. The zero-order chi connectivity index (χ0) is 17.4. The maximum absolute atomic E-state index is 10.6. The van der Waals surface area contributed by atoms with Crippen molar-refractivity contribution in [1.82, 2.24) is 0 Å². The number of hydrazone groups is 1. The Balaban J connectivity index is 2.09. The number of ether oxygens (including phenoxy) is 2. The van der Waals surface area contributed by atoms with Gasteiger partial charge in [-0.2, -0.15) is 5.10 Å². The quantitative estimate of drug-likeness (QED) is 0.562. The van der Waals surface area contributed by atoms with Crippen LogP contribution in [-0.2, 0) is 4.79 Å². The molecule has 24 heavy (non-hydrogen) atoms. The van der Waals surface area contributed by atoms with Gasteiger partial charge in [0.2, 0.25) is 0 Å². The van der Waals surface area contributed by atoms with Crippen LogP contribution in [0.3, 0.4) is 0 Å². The van der Waals surface area contributed by atoms with Crippen LogP contribution in [0.2, 0.25) is 5.02 Å². The predicted molar refractivity (Wildman–Crippen MR) is 93.4 cm³/mol. The van der Waals surface area contributed by atoms with Gasteiger partial charge in [-0.25, -0.2) is 4.79 Å². The second kappa shape index (κ2) is 8.79. The molecule has 0 saturated carbocycles. The highest BCUT2D eigenvalue weighted by atomic mass is 35.5. The number of nitrogens with one attached hydrogen (secondary N) is 1. The molecule has 2 aromatic rings. The minimum Gasteiger partial charge on any atom is -0.490 e. The van der Waals surface area contributed by atoms with Crippen molar-refractivity contribution in [3.05, 3.63) is 53.1 Å². The van der Waals surface area contributed by atoms with Crippen LogP contribution in [-0.4, -0.2) is 30.5 Å². The summed E-state index contributed by atoms with van der Waals surface area (Å²) in [6.07, 6.45) is 1.60. The minimum absolute atomic E-state index is 0.371. The zero-order valence-electron chi connectivity index (χ0n) is 13.0. The van der Waals surface area contributed by atoms with E-state index in [-0.39, 0.29) is 0 Å². The van der Waals surface area contributed by atoms with Crippen molar-refractivity contribution in [3.63, 3.8) is 0 Å². The van der Waals surface area contributed by atoms with Gasteiger partial charge in [-0.1, -0.05) is 23.7 Å². The molecule has 0 saturated heterocycles. The van der Waals surface area contributed by atoms with Gasteiger partial charge in [0, 0.05) is 0 Å². The summed E-state index contributed by atoms with van der Waals surface area (Å²) >= 11 is 6.03. The summed E-state index contributed by atoms with van der Waals surface area (Å²) in [5, 5.41) is 13.4. The fourth-order valence-electron chi connectivity index (χ4n) is 1.86. The molecule has 0 spiro atoms. The van der Waals surface area contributed by atoms with Crippen LogP contribution in [0.25, 0.3) is 0 Å². The molecule has 0 amide bonds. The maximum atomic E-state index is 10.6. The molecule has 2 aromatic carbocycles. The number of halogens is 1. The van der Waals surface area contributed by atoms with Crippen molar-refractivity contribution in [2.24, 2.45) is 5.10 Å². The fourth-order valence-corrected chi connectivity index (χ4v) is 2.04. The number of aliphatic carboxylic acids is 1. The largest absolute Gasteiger partial charge is 0.490 e. The summed E-state index contributed by atoms with van der Waals surface area (Å²) in [7, 11) is 0. The number of rotatable bonds is 8. The molecule has 2 rings (SSSR count). The van der Waals surface area contributed by atoms with Gasteiger partial charge in [-0.05, 0) is 42.8 Å². The van der Waals surface area contributed by atoms with Crippen LogP contribution in [0.4, 0.5) is 5.69 Å². The standard InChI is InChI=1S/C17H17ClN2O4/c1-2-23-16-9-12(7-8-15(16)24-11-17(21)22)10-19-20-14-6-4-3-5-13(14)18/h3-10,20H,2,11H2,1H3,(H,21,22)/b19-10-. The zero-order valence-corrected chi connectivity index (χ0v) is 13.8. The third kappa shape index (κ3) is 5.17. The van der Waals surface area contributed by atoms with Gasteiger partial charge >= 0.3 is 5.97 Å². The first-order chi connectivity index (χ1) is 11.6. The summed E-state index contributed by atoms with van der Waals surface area (Å²) in [5.41, 5.74) is 4.32. The Bertz CT molecular complexity index is 734. The average Bonchev–Trinajstić information content (AvgIpc) is 2.56. The van der Waals surface area contributed by atoms with Crippen LogP contribution < -0.4 is 14.9 Å². The van der Waals surface area contributed by atoms with Gasteiger partial charge in [-0.3, -0.25) is 5.43 Å². The highest BCUT2D eigenvalue weighted by molar-refractivity contribution is 6.33. The Kier molecular flexibility index (Phi) is 6.45. The van der Waals surface area contributed by atoms with Gasteiger partial charge in [0.1, 0.15) is 0 Å². The number of hydrogen-bond acceptors (Lipinski definition) is 5. The van der Waals surface area contributed by atoms with Crippen molar-refractivity contribution < 1.29 is 19.4 Å². The number of carbonyl (C=O) groups is 1. The molecule has 0 atom stereocenters. The first-order valence-electron chi connectivity index (χ1n) is 7.25. The Morgan fingerprint density at radius 2 is 2.04 bits per heavy atom. The molecule has 0 aliphatic rings. The van der Waals surface area contributed by atoms with Crippen LogP contribution in [0.5, 0.6) is 11.5 Å². The Hall–Kier alpha value is -2.73. The Morgan fingerprint density at radius 3 is 2.75 bits per heavy atom. The van der Waals surface area contributed by atoms with E-state index in [1.807, 2.05) is 25.1 Å². The Morgan fingerprint density at radius 1 is 1.25 bits per heavy atom. The molecule has 0 aromatic heterocycles. The van der Waals surface area contributed by atoms with Crippen molar-refractivity contribution in [2.75, 3.05) is 18.6 Å². The third-order valence-electron chi connectivity index (χ3n) is 2.89. The summed E-state index contributed by atoms with van der Waals surface area (Å²) in [5.74, 6) is -0.220. The predicted octanol–water partition coefficient (Wildman–Crippen LogP) is 3.65. The van der Waals surface area contributed by atoms with E-state index < -0.39 is 12.6 Å². The lowest BCUT2D eigenvalue weighted by atomic mass is 10.2. The molecule has 0 radical (unpaired) electrons. The van der Waals surface area contributed by atoms with Gasteiger partial charge in [0.15, 0.2) is 18.1 Å². The highest BCUT2D eigenvalue weighted by Crippen LogP contribution is 2.28. The summed E-state index contributed by atoms with van der Waals surface area (Å²) in [6, 6.07) is 12.4. The molecular formula is C17H17ClN2O4. The van der Waals surface area contributed by atoms with Crippen LogP contribution in [0.15, 0.2) is 47.6 Å². The van der Waals surface area contributed by atoms with Gasteiger partial charge in [0.25, 0.3) is 0 Å². The van der Waals surface area contributed by atoms with E-state index >= 15 is 0 Å².